The molecule has 132 valence electrons. The maximum absolute atomic E-state index is 13.7. The Balaban J connectivity index is 1.70. The minimum atomic E-state index is -0.909. The molecular formula is C19H16F2N4O. The van der Waals surface area contributed by atoms with Crippen LogP contribution in [0.25, 0.3) is 0 Å². The predicted molar refractivity (Wildman–Crippen MR) is 95.5 cm³/mol. The molecule has 5 nitrogen and oxygen atoms in total. The SMILES string of the molecule is Cc1cc(C)nc(Nc2ccc(NC(=O)c3ccc(F)cc3F)cc2)n1. The monoisotopic (exact) mass is 354 g/mol. The van der Waals surface area contributed by atoms with Crippen LogP contribution in [-0.2, 0) is 0 Å². The summed E-state index contributed by atoms with van der Waals surface area (Å²) in [6.45, 7) is 3.76. The van der Waals surface area contributed by atoms with Gasteiger partial charge in [0.2, 0.25) is 5.95 Å². The van der Waals surface area contributed by atoms with E-state index in [1.165, 1.54) is 0 Å². The molecule has 0 saturated heterocycles. The smallest absolute Gasteiger partial charge is 0.258 e. The molecule has 0 spiro atoms. The number of nitrogens with zero attached hydrogens (tertiary/aromatic N) is 2. The van der Waals surface area contributed by atoms with Gasteiger partial charge in [-0.25, -0.2) is 18.7 Å². The normalized spacial score (nSPS) is 10.5. The van der Waals surface area contributed by atoms with Crippen LogP contribution in [0.2, 0.25) is 0 Å². The van der Waals surface area contributed by atoms with Crippen LogP contribution in [0, 0.1) is 25.5 Å². The van der Waals surface area contributed by atoms with E-state index in [-0.39, 0.29) is 5.56 Å². The second-order valence-corrected chi connectivity index (χ2v) is 5.75. The summed E-state index contributed by atoms with van der Waals surface area (Å²) in [7, 11) is 0. The second-order valence-electron chi connectivity index (χ2n) is 5.75. The summed E-state index contributed by atoms with van der Waals surface area (Å²) in [5.74, 6) is -1.82. The van der Waals surface area contributed by atoms with Crippen molar-refractivity contribution in [2.75, 3.05) is 10.6 Å². The zero-order valence-electron chi connectivity index (χ0n) is 14.2. The summed E-state index contributed by atoms with van der Waals surface area (Å²) in [4.78, 5) is 20.7. The summed E-state index contributed by atoms with van der Waals surface area (Å²) in [5.41, 5.74) is 2.69. The summed E-state index contributed by atoms with van der Waals surface area (Å²) in [6, 6.07) is 11.5. The Hall–Kier alpha value is -3.35. The Bertz CT molecular complexity index is 938. The highest BCUT2D eigenvalue weighted by Crippen LogP contribution is 2.18. The molecule has 0 aliphatic rings. The van der Waals surface area contributed by atoms with Crippen molar-refractivity contribution in [2.24, 2.45) is 0 Å². The Morgan fingerprint density at radius 2 is 1.50 bits per heavy atom. The van der Waals surface area contributed by atoms with E-state index in [0.717, 1.165) is 29.2 Å². The van der Waals surface area contributed by atoms with Crippen LogP contribution in [0.15, 0.2) is 48.5 Å². The van der Waals surface area contributed by atoms with Crippen molar-refractivity contribution in [2.45, 2.75) is 13.8 Å². The first-order valence-electron chi connectivity index (χ1n) is 7.86. The molecule has 2 aromatic carbocycles. The van der Waals surface area contributed by atoms with E-state index in [1.807, 2.05) is 19.9 Å². The maximum Gasteiger partial charge on any atom is 0.258 e. The molecule has 0 fully saturated rings. The van der Waals surface area contributed by atoms with Crippen LogP contribution in [-0.4, -0.2) is 15.9 Å². The number of carbonyl (C=O) groups excluding carboxylic acids is 1. The molecule has 0 aliphatic heterocycles. The number of anilines is 3. The van der Waals surface area contributed by atoms with E-state index in [2.05, 4.69) is 20.6 Å². The van der Waals surface area contributed by atoms with Gasteiger partial charge < -0.3 is 10.6 Å². The fraction of sp³-hybridized carbons (Fsp3) is 0.105. The zero-order chi connectivity index (χ0) is 18.7. The zero-order valence-corrected chi connectivity index (χ0v) is 14.2. The van der Waals surface area contributed by atoms with Gasteiger partial charge in [0.15, 0.2) is 0 Å². The van der Waals surface area contributed by atoms with E-state index in [0.29, 0.717) is 17.7 Å². The number of aryl methyl sites for hydroxylation is 2. The van der Waals surface area contributed by atoms with Gasteiger partial charge in [-0.05, 0) is 56.3 Å². The van der Waals surface area contributed by atoms with Gasteiger partial charge in [-0.3, -0.25) is 4.79 Å². The first kappa shape index (κ1) is 17.5. The number of halogens is 2. The molecule has 1 amide bonds. The lowest BCUT2D eigenvalue weighted by Gasteiger charge is -2.09. The molecule has 0 bridgehead atoms. The van der Waals surface area contributed by atoms with Crippen LogP contribution < -0.4 is 10.6 Å². The number of amides is 1. The fourth-order valence-corrected chi connectivity index (χ4v) is 2.42. The van der Waals surface area contributed by atoms with Crippen molar-refractivity contribution in [3.63, 3.8) is 0 Å². The van der Waals surface area contributed by atoms with Gasteiger partial charge in [0.05, 0.1) is 5.56 Å². The van der Waals surface area contributed by atoms with E-state index in [1.54, 1.807) is 24.3 Å². The van der Waals surface area contributed by atoms with E-state index < -0.39 is 17.5 Å². The molecule has 1 aromatic heterocycles. The van der Waals surface area contributed by atoms with Crippen molar-refractivity contribution in [3.05, 3.63) is 77.1 Å². The highest BCUT2D eigenvalue weighted by molar-refractivity contribution is 6.04. The van der Waals surface area contributed by atoms with Gasteiger partial charge in [-0.15, -0.1) is 0 Å². The van der Waals surface area contributed by atoms with E-state index in [9.17, 15) is 13.6 Å². The number of hydrogen-bond donors (Lipinski definition) is 2. The van der Waals surface area contributed by atoms with Crippen molar-refractivity contribution in [1.82, 2.24) is 9.97 Å². The van der Waals surface area contributed by atoms with Gasteiger partial charge in [0, 0.05) is 28.8 Å². The van der Waals surface area contributed by atoms with Crippen molar-refractivity contribution in [3.8, 4) is 0 Å². The number of benzene rings is 2. The summed E-state index contributed by atoms with van der Waals surface area (Å²) < 4.78 is 26.6. The van der Waals surface area contributed by atoms with Gasteiger partial charge in [0.25, 0.3) is 5.91 Å². The minimum Gasteiger partial charge on any atom is -0.324 e. The predicted octanol–water partition coefficient (Wildman–Crippen LogP) is 4.37. The first-order valence-corrected chi connectivity index (χ1v) is 7.86. The average Bonchev–Trinajstić information content (AvgIpc) is 2.55. The quantitative estimate of drug-likeness (QED) is 0.730. The lowest BCUT2D eigenvalue weighted by molar-refractivity contribution is 0.102. The molecule has 2 N–H and O–H groups in total. The topological polar surface area (TPSA) is 66.9 Å². The molecule has 0 saturated carbocycles. The molecule has 7 heteroatoms. The van der Waals surface area contributed by atoms with Crippen molar-refractivity contribution >= 4 is 23.2 Å². The summed E-state index contributed by atoms with van der Waals surface area (Å²) in [5, 5.41) is 5.64. The van der Waals surface area contributed by atoms with Gasteiger partial charge in [-0.2, -0.15) is 0 Å². The van der Waals surface area contributed by atoms with Crippen LogP contribution in [0.3, 0.4) is 0 Å². The molecule has 0 radical (unpaired) electrons. The molecule has 3 aromatic rings. The van der Waals surface area contributed by atoms with E-state index in [4.69, 9.17) is 0 Å². The van der Waals surface area contributed by atoms with Gasteiger partial charge >= 0.3 is 0 Å². The molecule has 26 heavy (non-hydrogen) atoms. The van der Waals surface area contributed by atoms with Crippen LogP contribution >= 0.6 is 0 Å². The second kappa shape index (κ2) is 7.26. The van der Waals surface area contributed by atoms with Crippen molar-refractivity contribution < 1.29 is 13.6 Å². The largest absolute Gasteiger partial charge is 0.324 e. The summed E-state index contributed by atoms with van der Waals surface area (Å²) in [6.07, 6.45) is 0. The Labute approximate surface area is 149 Å². The average molecular weight is 354 g/mol. The number of aromatic nitrogens is 2. The standard InChI is InChI=1S/C19H16F2N4O/c1-11-9-12(2)23-19(22-11)25-15-6-4-14(5-7-15)24-18(26)16-8-3-13(20)10-17(16)21/h3-10H,1-2H3,(H,24,26)(H,22,23,25). The van der Waals surface area contributed by atoms with Crippen LogP contribution in [0.4, 0.5) is 26.1 Å². The van der Waals surface area contributed by atoms with Crippen LogP contribution in [0.1, 0.15) is 21.7 Å². The lowest BCUT2D eigenvalue weighted by atomic mass is 10.2. The highest BCUT2D eigenvalue weighted by atomic mass is 19.1. The van der Waals surface area contributed by atoms with Gasteiger partial charge in [-0.1, -0.05) is 0 Å². The molecule has 0 unspecified atom stereocenters. The molecular weight excluding hydrogens is 338 g/mol. The third-order valence-electron chi connectivity index (χ3n) is 3.56. The third kappa shape index (κ3) is 4.18. The summed E-state index contributed by atoms with van der Waals surface area (Å²) >= 11 is 0. The molecule has 3 rings (SSSR count). The van der Waals surface area contributed by atoms with Crippen LogP contribution in [0.5, 0.6) is 0 Å². The van der Waals surface area contributed by atoms with Gasteiger partial charge in [0.1, 0.15) is 11.6 Å². The number of carbonyl (C=O) groups is 1. The highest BCUT2D eigenvalue weighted by Gasteiger charge is 2.12. The van der Waals surface area contributed by atoms with E-state index >= 15 is 0 Å². The fourth-order valence-electron chi connectivity index (χ4n) is 2.42. The Kier molecular flexibility index (Phi) is 4.88. The Morgan fingerprint density at radius 3 is 2.12 bits per heavy atom. The minimum absolute atomic E-state index is 0.225. The van der Waals surface area contributed by atoms with Crippen molar-refractivity contribution in [1.29, 1.82) is 0 Å². The maximum atomic E-state index is 13.7. The third-order valence-corrected chi connectivity index (χ3v) is 3.56. The Morgan fingerprint density at radius 1 is 0.885 bits per heavy atom. The first-order chi connectivity index (χ1) is 12.4. The number of nitrogens with one attached hydrogen (secondary N) is 2. The molecule has 0 atom stereocenters. The molecule has 0 aliphatic carbocycles. The number of rotatable bonds is 4. The number of hydrogen-bond acceptors (Lipinski definition) is 4. The lowest BCUT2D eigenvalue weighted by Crippen LogP contribution is -2.13. The molecule has 1 heterocycles.